The third kappa shape index (κ3) is 2.57. The summed E-state index contributed by atoms with van der Waals surface area (Å²) in [6, 6.07) is 0.410. The zero-order chi connectivity index (χ0) is 9.84. The van der Waals surface area contributed by atoms with Gasteiger partial charge in [0.1, 0.15) is 5.82 Å². The van der Waals surface area contributed by atoms with Crippen molar-refractivity contribution in [3.05, 3.63) is 11.8 Å². The van der Waals surface area contributed by atoms with E-state index < -0.39 is 0 Å². The summed E-state index contributed by atoms with van der Waals surface area (Å²) in [5.74, 6) is 1.15. The number of rotatable bonds is 3. The molecule has 0 spiro atoms. The van der Waals surface area contributed by atoms with Crippen molar-refractivity contribution >= 4 is 11.8 Å². The highest BCUT2D eigenvalue weighted by Crippen LogP contribution is 2.12. The Morgan fingerprint density at radius 2 is 2.31 bits per heavy atom. The molecule has 1 aromatic heterocycles. The number of nitrogen functional groups attached to an aromatic ring is 1. The van der Waals surface area contributed by atoms with Gasteiger partial charge in [-0.25, -0.2) is 4.98 Å². The van der Waals surface area contributed by atoms with E-state index >= 15 is 0 Å². The van der Waals surface area contributed by atoms with E-state index in [2.05, 4.69) is 29.1 Å². The van der Waals surface area contributed by atoms with E-state index in [1.165, 1.54) is 0 Å². The number of hydrogen-bond acceptors (Lipinski definition) is 4. The second kappa shape index (κ2) is 4.07. The van der Waals surface area contributed by atoms with Crippen LogP contribution in [-0.2, 0) is 0 Å². The number of nitrogens with zero attached hydrogens (tertiary/aromatic N) is 2. The number of anilines is 2. The molecule has 1 rings (SSSR count). The van der Waals surface area contributed by atoms with Crippen LogP contribution in [0.4, 0.5) is 11.8 Å². The van der Waals surface area contributed by atoms with Crippen molar-refractivity contribution in [1.29, 1.82) is 0 Å². The summed E-state index contributed by atoms with van der Waals surface area (Å²) in [6.07, 6.45) is 2.79. The van der Waals surface area contributed by atoms with Gasteiger partial charge in [-0.15, -0.1) is 0 Å². The molecule has 0 fully saturated rings. The summed E-state index contributed by atoms with van der Waals surface area (Å²) in [6.45, 7) is 6.19. The van der Waals surface area contributed by atoms with Gasteiger partial charge in [0.2, 0.25) is 5.95 Å². The molecule has 0 radical (unpaired) electrons. The molecule has 1 atom stereocenters. The lowest BCUT2D eigenvalue weighted by atomic mass is 10.2. The lowest BCUT2D eigenvalue weighted by molar-refractivity contribution is 0.757. The van der Waals surface area contributed by atoms with Crippen molar-refractivity contribution in [2.24, 2.45) is 0 Å². The van der Waals surface area contributed by atoms with Crippen LogP contribution in [0.15, 0.2) is 6.20 Å². The lowest BCUT2D eigenvalue weighted by Gasteiger charge is -2.13. The van der Waals surface area contributed by atoms with Crippen LogP contribution >= 0.6 is 0 Å². The Balaban J connectivity index is 2.81. The smallest absolute Gasteiger partial charge is 0.221 e. The highest BCUT2D eigenvalue weighted by Gasteiger charge is 2.04. The molecule has 0 bridgehead atoms. The molecule has 72 valence electrons. The molecule has 0 saturated heterocycles. The first-order valence-electron chi connectivity index (χ1n) is 4.49. The van der Waals surface area contributed by atoms with Crippen molar-refractivity contribution in [1.82, 2.24) is 9.97 Å². The Morgan fingerprint density at radius 1 is 1.62 bits per heavy atom. The molecular weight excluding hydrogens is 164 g/mol. The van der Waals surface area contributed by atoms with E-state index in [0.29, 0.717) is 12.0 Å². The number of nitrogens with two attached hydrogens (primary N) is 1. The number of hydrogen-bond donors (Lipinski definition) is 2. The summed E-state index contributed by atoms with van der Waals surface area (Å²) in [4.78, 5) is 8.02. The van der Waals surface area contributed by atoms with Gasteiger partial charge < -0.3 is 11.1 Å². The monoisotopic (exact) mass is 180 g/mol. The molecule has 0 unspecified atom stereocenters. The SMILES string of the molecule is CC[C@H](C)Nc1nc(N)ncc1C. The average Bonchev–Trinajstić information content (AvgIpc) is 2.11. The predicted octanol–water partition coefficient (Wildman–Crippen LogP) is 1.58. The van der Waals surface area contributed by atoms with Crippen LogP contribution in [0.5, 0.6) is 0 Å². The quantitative estimate of drug-likeness (QED) is 0.741. The molecule has 0 aromatic carbocycles. The molecule has 4 nitrogen and oxygen atoms in total. The second-order valence-corrected chi connectivity index (χ2v) is 3.21. The van der Waals surface area contributed by atoms with Gasteiger partial charge in [0, 0.05) is 17.8 Å². The van der Waals surface area contributed by atoms with E-state index in [-0.39, 0.29) is 0 Å². The molecule has 0 aliphatic rings. The van der Waals surface area contributed by atoms with Crippen molar-refractivity contribution < 1.29 is 0 Å². The van der Waals surface area contributed by atoms with Crippen LogP contribution in [0.2, 0.25) is 0 Å². The highest BCUT2D eigenvalue weighted by atomic mass is 15.1. The maximum atomic E-state index is 5.48. The van der Waals surface area contributed by atoms with Gasteiger partial charge in [0.15, 0.2) is 0 Å². The van der Waals surface area contributed by atoms with Crippen LogP contribution in [0.1, 0.15) is 25.8 Å². The third-order valence-corrected chi connectivity index (χ3v) is 1.99. The summed E-state index contributed by atoms with van der Waals surface area (Å²) in [7, 11) is 0. The van der Waals surface area contributed by atoms with Crippen molar-refractivity contribution in [2.75, 3.05) is 11.1 Å². The van der Waals surface area contributed by atoms with Crippen molar-refractivity contribution in [3.63, 3.8) is 0 Å². The molecule has 0 aliphatic carbocycles. The first-order chi connectivity index (χ1) is 6.13. The predicted molar refractivity (Wildman–Crippen MR) is 54.6 cm³/mol. The molecule has 0 amide bonds. The fourth-order valence-electron chi connectivity index (χ4n) is 0.937. The normalized spacial score (nSPS) is 12.5. The fraction of sp³-hybridized carbons (Fsp3) is 0.556. The van der Waals surface area contributed by atoms with Gasteiger partial charge in [-0.1, -0.05) is 6.92 Å². The van der Waals surface area contributed by atoms with Gasteiger partial charge in [-0.3, -0.25) is 0 Å². The standard InChI is InChI=1S/C9H16N4/c1-4-7(3)12-8-6(2)5-11-9(10)13-8/h5,7H,4H2,1-3H3,(H3,10,11,12,13)/t7-/m0/s1. The fourth-order valence-corrected chi connectivity index (χ4v) is 0.937. The van der Waals surface area contributed by atoms with E-state index in [0.717, 1.165) is 17.8 Å². The van der Waals surface area contributed by atoms with Gasteiger partial charge in [0.25, 0.3) is 0 Å². The summed E-state index contributed by atoms with van der Waals surface area (Å²) >= 11 is 0. The maximum absolute atomic E-state index is 5.48. The number of aryl methyl sites for hydroxylation is 1. The van der Waals surface area contributed by atoms with Gasteiger partial charge in [-0.05, 0) is 20.3 Å². The van der Waals surface area contributed by atoms with Crippen molar-refractivity contribution in [3.8, 4) is 0 Å². The molecule has 0 saturated carbocycles. The van der Waals surface area contributed by atoms with Crippen LogP contribution in [-0.4, -0.2) is 16.0 Å². The largest absolute Gasteiger partial charge is 0.368 e. The van der Waals surface area contributed by atoms with Crippen LogP contribution in [0, 0.1) is 6.92 Å². The Morgan fingerprint density at radius 3 is 2.92 bits per heavy atom. The van der Waals surface area contributed by atoms with Crippen LogP contribution in [0.3, 0.4) is 0 Å². The minimum absolute atomic E-state index is 0.316. The Hall–Kier alpha value is -1.32. The molecular formula is C9H16N4. The van der Waals surface area contributed by atoms with E-state index in [1.54, 1.807) is 6.20 Å². The van der Waals surface area contributed by atoms with E-state index in [4.69, 9.17) is 5.73 Å². The average molecular weight is 180 g/mol. The zero-order valence-corrected chi connectivity index (χ0v) is 8.33. The summed E-state index contributed by atoms with van der Waals surface area (Å²) in [5, 5.41) is 3.27. The molecule has 13 heavy (non-hydrogen) atoms. The molecule has 3 N–H and O–H groups in total. The summed E-state index contributed by atoms with van der Waals surface area (Å²) < 4.78 is 0. The first kappa shape index (κ1) is 9.77. The van der Waals surface area contributed by atoms with E-state index in [1.807, 2.05) is 6.92 Å². The summed E-state index contributed by atoms with van der Waals surface area (Å²) in [5.41, 5.74) is 6.51. The topological polar surface area (TPSA) is 63.8 Å². The molecule has 1 aromatic rings. The molecule has 0 aliphatic heterocycles. The minimum atomic E-state index is 0.316. The van der Waals surface area contributed by atoms with Gasteiger partial charge in [0.05, 0.1) is 0 Å². The number of nitrogens with one attached hydrogen (secondary N) is 1. The van der Waals surface area contributed by atoms with E-state index in [9.17, 15) is 0 Å². The van der Waals surface area contributed by atoms with Crippen LogP contribution < -0.4 is 11.1 Å². The maximum Gasteiger partial charge on any atom is 0.221 e. The zero-order valence-electron chi connectivity index (χ0n) is 8.33. The minimum Gasteiger partial charge on any atom is -0.368 e. The molecule has 1 heterocycles. The van der Waals surface area contributed by atoms with Gasteiger partial charge >= 0.3 is 0 Å². The second-order valence-electron chi connectivity index (χ2n) is 3.21. The van der Waals surface area contributed by atoms with Gasteiger partial charge in [-0.2, -0.15) is 4.98 Å². The third-order valence-electron chi connectivity index (χ3n) is 1.99. The highest BCUT2D eigenvalue weighted by molar-refractivity contribution is 5.45. The first-order valence-corrected chi connectivity index (χ1v) is 4.49. The molecule has 4 heteroatoms. The Bertz CT molecular complexity index is 285. The van der Waals surface area contributed by atoms with Crippen LogP contribution in [0.25, 0.3) is 0 Å². The van der Waals surface area contributed by atoms with Crippen molar-refractivity contribution in [2.45, 2.75) is 33.2 Å². The Labute approximate surface area is 78.6 Å². The Kier molecular flexibility index (Phi) is 3.06. The lowest BCUT2D eigenvalue weighted by Crippen LogP contribution is -2.16. The number of aromatic nitrogens is 2.